The Balaban J connectivity index is 2.45. The van der Waals surface area contributed by atoms with Crippen molar-refractivity contribution in [1.29, 1.82) is 0 Å². The van der Waals surface area contributed by atoms with Gasteiger partial charge in [-0.2, -0.15) is 0 Å². The number of hydrogen-bond acceptors (Lipinski definition) is 4. The van der Waals surface area contributed by atoms with Gasteiger partial charge in [-0.1, -0.05) is 18.2 Å². The highest BCUT2D eigenvalue weighted by atomic mass is 32.2. The van der Waals surface area contributed by atoms with Gasteiger partial charge in [0.15, 0.2) is 0 Å². The molecule has 0 aliphatic heterocycles. The van der Waals surface area contributed by atoms with Gasteiger partial charge in [0.05, 0.1) is 5.75 Å². The molecule has 0 bridgehead atoms. The lowest BCUT2D eigenvalue weighted by Crippen LogP contribution is -2.31. The van der Waals surface area contributed by atoms with Gasteiger partial charge in [-0.3, -0.25) is 4.79 Å². The highest BCUT2D eigenvalue weighted by Crippen LogP contribution is 2.13. The summed E-state index contributed by atoms with van der Waals surface area (Å²) in [5.41, 5.74) is 7.41. The van der Waals surface area contributed by atoms with Crippen LogP contribution >= 0.6 is 0 Å². The summed E-state index contributed by atoms with van der Waals surface area (Å²) in [6.45, 7) is 0.224. The van der Waals surface area contributed by atoms with E-state index in [2.05, 4.69) is 0 Å². The number of hydrogen-bond donors (Lipinski definition) is 1. The van der Waals surface area contributed by atoms with Crippen molar-refractivity contribution in [2.24, 2.45) is 0 Å². The molecular formula is C13H20N2O3S. The Bertz CT molecular complexity index is 541. The van der Waals surface area contributed by atoms with Gasteiger partial charge in [-0.05, 0) is 18.1 Å². The zero-order valence-electron chi connectivity index (χ0n) is 11.3. The Morgan fingerprint density at radius 2 is 1.95 bits per heavy atom. The Morgan fingerprint density at radius 1 is 1.32 bits per heavy atom. The van der Waals surface area contributed by atoms with E-state index in [4.69, 9.17) is 5.73 Å². The summed E-state index contributed by atoms with van der Waals surface area (Å²) < 4.78 is 22.1. The van der Waals surface area contributed by atoms with Crippen LogP contribution in [0, 0.1) is 0 Å². The molecule has 1 aromatic carbocycles. The molecule has 5 nitrogen and oxygen atoms in total. The van der Waals surface area contributed by atoms with E-state index in [1.807, 2.05) is 18.2 Å². The molecule has 1 aromatic rings. The topological polar surface area (TPSA) is 80.5 Å². The number of carbonyl (C=O) groups excluding carboxylic acids is 1. The molecule has 2 N–H and O–H groups in total. The second-order valence-electron chi connectivity index (χ2n) is 4.64. The van der Waals surface area contributed by atoms with Crippen LogP contribution < -0.4 is 5.73 Å². The lowest BCUT2D eigenvalue weighted by atomic mass is 10.1. The molecule has 0 aliphatic carbocycles. The maximum Gasteiger partial charge on any atom is 0.222 e. The zero-order chi connectivity index (χ0) is 14.5. The Kier molecular flexibility index (Phi) is 5.35. The average Bonchev–Trinajstić information content (AvgIpc) is 2.33. The first kappa shape index (κ1) is 15.5. The lowest BCUT2D eigenvalue weighted by molar-refractivity contribution is -0.129. The standard InChI is InChI=1S/C13H20N2O3S/c1-15(9-10-19(2,17)18)13(16)8-7-11-5-3-4-6-12(11)14/h3-6H,7-10,14H2,1-2H3. The van der Waals surface area contributed by atoms with Crippen LogP contribution in [0.25, 0.3) is 0 Å². The molecule has 6 heteroatoms. The lowest BCUT2D eigenvalue weighted by Gasteiger charge is -2.16. The third-order valence-corrected chi connectivity index (χ3v) is 3.81. The number of anilines is 1. The second-order valence-corrected chi connectivity index (χ2v) is 6.90. The number of nitrogens with zero attached hydrogens (tertiary/aromatic N) is 1. The van der Waals surface area contributed by atoms with E-state index < -0.39 is 9.84 Å². The molecule has 1 amide bonds. The van der Waals surface area contributed by atoms with E-state index in [-0.39, 0.29) is 18.2 Å². The summed E-state index contributed by atoms with van der Waals surface area (Å²) >= 11 is 0. The first-order chi connectivity index (χ1) is 8.79. The van der Waals surface area contributed by atoms with Gasteiger partial charge in [0.1, 0.15) is 9.84 Å². The van der Waals surface area contributed by atoms with Crippen molar-refractivity contribution < 1.29 is 13.2 Å². The van der Waals surface area contributed by atoms with E-state index in [1.54, 1.807) is 13.1 Å². The summed E-state index contributed by atoms with van der Waals surface area (Å²) in [6.07, 6.45) is 2.05. The van der Waals surface area contributed by atoms with Gasteiger partial charge in [0.2, 0.25) is 5.91 Å². The van der Waals surface area contributed by atoms with Gasteiger partial charge >= 0.3 is 0 Å². The molecule has 0 spiro atoms. The van der Waals surface area contributed by atoms with Crippen molar-refractivity contribution in [2.45, 2.75) is 12.8 Å². The van der Waals surface area contributed by atoms with E-state index >= 15 is 0 Å². The number of rotatable bonds is 6. The number of nitrogen functional groups attached to an aromatic ring is 1. The van der Waals surface area contributed by atoms with E-state index in [0.29, 0.717) is 18.5 Å². The smallest absolute Gasteiger partial charge is 0.222 e. The first-order valence-corrected chi connectivity index (χ1v) is 8.11. The minimum atomic E-state index is -3.04. The van der Waals surface area contributed by atoms with Gasteiger partial charge < -0.3 is 10.6 Å². The van der Waals surface area contributed by atoms with Crippen LogP contribution in [0.2, 0.25) is 0 Å². The van der Waals surface area contributed by atoms with E-state index in [1.165, 1.54) is 4.90 Å². The number of sulfone groups is 1. The zero-order valence-corrected chi connectivity index (χ0v) is 12.1. The van der Waals surface area contributed by atoms with Crippen molar-refractivity contribution in [1.82, 2.24) is 4.90 Å². The predicted octanol–water partition coefficient (Wildman–Crippen LogP) is 0.704. The Labute approximate surface area is 114 Å². The monoisotopic (exact) mass is 284 g/mol. The Morgan fingerprint density at radius 3 is 2.53 bits per heavy atom. The molecule has 0 radical (unpaired) electrons. The van der Waals surface area contributed by atoms with Gasteiger partial charge in [0.25, 0.3) is 0 Å². The molecular weight excluding hydrogens is 264 g/mol. The molecule has 0 heterocycles. The molecule has 0 aromatic heterocycles. The van der Waals surface area contributed by atoms with Crippen LogP contribution in [-0.2, 0) is 21.1 Å². The van der Waals surface area contributed by atoms with Crippen LogP contribution in [0.4, 0.5) is 5.69 Å². The van der Waals surface area contributed by atoms with E-state index in [9.17, 15) is 13.2 Å². The number of nitrogens with two attached hydrogens (primary N) is 1. The van der Waals surface area contributed by atoms with Crippen LogP contribution in [-0.4, -0.2) is 44.8 Å². The number of carbonyl (C=O) groups is 1. The molecule has 0 saturated heterocycles. The molecule has 106 valence electrons. The number of para-hydroxylation sites is 1. The van der Waals surface area contributed by atoms with Crippen LogP contribution in [0.1, 0.15) is 12.0 Å². The Hall–Kier alpha value is -1.56. The molecule has 0 fully saturated rings. The molecule has 0 atom stereocenters. The maximum atomic E-state index is 11.8. The van der Waals surface area contributed by atoms with Crippen molar-refractivity contribution in [3.8, 4) is 0 Å². The summed E-state index contributed by atoms with van der Waals surface area (Å²) in [7, 11) is -1.43. The normalized spacial score (nSPS) is 11.3. The van der Waals surface area contributed by atoms with Gasteiger partial charge in [0, 0.05) is 32.0 Å². The summed E-state index contributed by atoms with van der Waals surface area (Å²) in [5, 5.41) is 0. The van der Waals surface area contributed by atoms with Crippen molar-refractivity contribution >= 4 is 21.4 Å². The predicted molar refractivity (Wildman–Crippen MR) is 76.5 cm³/mol. The van der Waals surface area contributed by atoms with Crippen molar-refractivity contribution in [3.05, 3.63) is 29.8 Å². The van der Waals surface area contributed by atoms with Crippen molar-refractivity contribution in [3.63, 3.8) is 0 Å². The number of benzene rings is 1. The fraction of sp³-hybridized carbons (Fsp3) is 0.462. The third-order valence-electron chi connectivity index (χ3n) is 2.89. The first-order valence-electron chi connectivity index (χ1n) is 6.04. The fourth-order valence-electron chi connectivity index (χ4n) is 1.62. The maximum absolute atomic E-state index is 11.8. The minimum absolute atomic E-state index is 0.0112. The summed E-state index contributed by atoms with van der Waals surface area (Å²) in [5.74, 6) is -0.0881. The molecule has 1 rings (SSSR count). The quantitative estimate of drug-likeness (QED) is 0.780. The van der Waals surface area contributed by atoms with Crippen LogP contribution in [0.3, 0.4) is 0 Å². The highest BCUT2D eigenvalue weighted by Gasteiger charge is 2.12. The van der Waals surface area contributed by atoms with Gasteiger partial charge in [-0.25, -0.2) is 8.42 Å². The van der Waals surface area contributed by atoms with Crippen molar-refractivity contribution in [2.75, 3.05) is 31.3 Å². The average molecular weight is 284 g/mol. The van der Waals surface area contributed by atoms with Crippen LogP contribution in [0.15, 0.2) is 24.3 Å². The van der Waals surface area contributed by atoms with Crippen LogP contribution in [0.5, 0.6) is 0 Å². The van der Waals surface area contributed by atoms with E-state index in [0.717, 1.165) is 11.8 Å². The minimum Gasteiger partial charge on any atom is -0.399 e. The molecule has 19 heavy (non-hydrogen) atoms. The summed E-state index contributed by atoms with van der Waals surface area (Å²) in [6, 6.07) is 7.41. The molecule has 0 unspecified atom stereocenters. The second kappa shape index (κ2) is 6.56. The number of amides is 1. The fourth-order valence-corrected chi connectivity index (χ4v) is 2.23. The van der Waals surface area contributed by atoms with Gasteiger partial charge in [-0.15, -0.1) is 0 Å². The number of aryl methyl sites for hydroxylation is 1. The third kappa shape index (κ3) is 5.74. The SMILES string of the molecule is CN(CCS(C)(=O)=O)C(=O)CCc1ccccc1N. The molecule has 0 aliphatic rings. The largest absolute Gasteiger partial charge is 0.399 e. The highest BCUT2D eigenvalue weighted by molar-refractivity contribution is 7.90. The summed E-state index contributed by atoms with van der Waals surface area (Å²) in [4.78, 5) is 13.3. The molecule has 0 saturated carbocycles.